The highest BCUT2D eigenvalue weighted by atomic mass is 35.5. The lowest BCUT2D eigenvalue weighted by Crippen LogP contribution is -2.31. The van der Waals surface area contributed by atoms with Crippen LogP contribution in [0.15, 0.2) is 42.9 Å². The van der Waals surface area contributed by atoms with Gasteiger partial charge >= 0.3 is 0 Å². The number of rotatable bonds is 4. The van der Waals surface area contributed by atoms with Gasteiger partial charge in [-0.1, -0.05) is 23.7 Å². The fraction of sp³-hybridized carbons (Fsp3) is 0.333. The van der Waals surface area contributed by atoms with Crippen LogP contribution in [-0.2, 0) is 7.05 Å². The lowest BCUT2D eigenvalue weighted by molar-refractivity contribution is 0.0733. The van der Waals surface area contributed by atoms with E-state index in [9.17, 15) is 4.79 Å². The predicted molar refractivity (Wildman–Crippen MR) is 113 cm³/mol. The van der Waals surface area contributed by atoms with Crippen molar-refractivity contribution in [3.8, 4) is 11.1 Å². The molecule has 0 saturated carbocycles. The maximum Gasteiger partial charge on any atom is 0.257 e. The smallest absolute Gasteiger partial charge is 0.257 e. The minimum absolute atomic E-state index is 0.0207. The molecule has 2 aromatic heterocycles. The molecule has 8 heteroatoms. The van der Waals surface area contributed by atoms with Crippen molar-refractivity contribution in [2.75, 3.05) is 25.5 Å². The van der Waals surface area contributed by atoms with Crippen LogP contribution in [0.3, 0.4) is 0 Å². The van der Waals surface area contributed by atoms with E-state index in [0.29, 0.717) is 23.1 Å². The molecular weight excluding hydrogens is 388 g/mol. The lowest BCUT2D eigenvalue weighted by atomic mass is 9.99. The van der Waals surface area contributed by atoms with Gasteiger partial charge in [-0.25, -0.2) is 9.97 Å². The third-order valence-electron chi connectivity index (χ3n) is 5.14. The normalized spacial score (nSPS) is 16.3. The van der Waals surface area contributed by atoms with Gasteiger partial charge in [0.05, 0.1) is 23.5 Å². The number of carbonyl (C=O) groups excluding carboxylic acids is 1. The quantitative estimate of drug-likeness (QED) is 0.657. The molecule has 1 fully saturated rings. The second kappa shape index (κ2) is 7.83. The molecule has 0 spiro atoms. The number of halogens is 1. The molecule has 0 bridgehead atoms. The number of aryl methyl sites for hydroxylation is 1. The zero-order valence-corrected chi connectivity index (χ0v) is 17.5. The first-order valence-corrected chi connectivity index (χ1v) is 9.91. The second-order valence-corrected chi connectivity index (χ2v) is 7.87. The first-order chi connectivity index (χ1) is 13.9. The molecule has 4 rings (SSSR count). The first-order valence-electron chi connectivity index (χ1n) is 9.54. The van der Waals surface area contributed by atoms with Crippen molar-refractivity contribution in [1.82, 2.24) is 24.6 Å². The number of benzene rings is 1. The fourth-order valence-electron chi connectivity index (χ4n) is 3.70. The number of aromatic nitrogens is 4. The van der Waals surface area contributed by atoms with E-state index in [1.807, 2.05) is 61.4 Å². The number of likely N-dealkylation sites (tertiary alicyclic amines) is 1. The zero-order chi connectivity index (χ0) is 20.5. The van der Waals surface area contributed by atoms with Crippen LogP contribution in [0.1, 0.15) is 34.9 Å². The van der Waals surface area contributed by atoms with E-state index in [-0.39, 0.29) is 11.9 Å². The Kier molecular flexibility index (Phi) is 5.24. The summed E-state index contributed by atoms with van der Waals surface area (Å²) in [6.45, 7) is 0.694. The van der Waals surface area contributed by atoms with Crippen molar-refractivity contribution < 1.29 is 4.79 Å². The molecule has 0 N–H and O–H groups in total. The van der Waals surface area contributed by atoms with Gasteiger partial charge in [0.2, 0.25) is 5.95 Å². The molecule has 3 heterocycles. The minimum Gasteiger partial charge on any atom is -0.347 e. The van der Waals surface area contributed by atoms with Crippen LogP contribution >= 0.6 is 11.6 Å². The minimum atomic E-state index is -0.116. The Morgan fingerprint density at radius 1 is 1.21 bits per heavy atom. The zero-order valence-electron chi connectivity index (χ0n) is 16.7. The highest BCUT2D eigenvalue weighted by molar-refractivity contribution is 6.30. The van der Waals surface area contributed by atoms with Crippen LogP contribution in [0.5, 0.6) is 0 Å². The molecule has 0 aliphatic carbocycles. The summed E-state index contributed by atoms with van der Waals surface area (Å²) < 4.78 is 1.65. The van der Waals surface area contributed by atoms with Crippen molar-refractivity contribution in [2.24, 2.45) is 7.05 Å². The SMILES string of the molecule is CN(C)c1ncc(-c2ccc(Cl)cc2)c(C2CCCN2C(=O)c2cnn(C)c2)n1. The maximum absolute atomic E-state index is 13.2. The molecule has 29 heavy (non-hydrogen) atoms. The summed E-state index contributed by atoms with van der Waals surface area (Å²) in [6.07, 6.45) is 6.99. The molecule has 1 aliphatic heterocycles. The first kappa shape index (κ1) is 19.4. The van der Waals surface area contributed by atoms with Crippen LogP contribution in [0, 0.1) is 0 Å². The summed E-state index contributed by atoms with van der Waals surface area (Å²) in [5.41, 5.74) is 3.36. The molecule has 1 aromatic carbocycles. The van der Waals surface area contributed by atoms with E-state index in [0.717, 1.165) is 29.7 Å². The average Bonchev–Trinajstić information content (AvgIpc) is 3.37. The van der Waals surface area contributed by atoms with Gasteiger partial charge in [0.1, 0.15) is 0 Å². The molecule has 150 valence electrons. The van der Waals surface area contributed by atoms with E-state index in [1.54, 1.807) is 17.1 Å². The number of carbonyl (C=O) groups is 1. The predicted octanol–water partition coefficient (Wildman–Crippen LogP) is 3.57. The summed E-state index contributed by atoms with van der Waals surface area (Å²) >= 11 is 6.07. The van der Waals surface area contributed by atoms with E-state index >= 15 is 0 Å². The van der Waals surface area contributed by atoms with E-state index in [1.165, 1.54) is 0 Å². The molecule has 1 unspecified atom stereocenters. The van der Waals surface area contributed by atoms with Crippen LogP contribution in [0.25, 0.3) is 11.1 Å². The number of hydrogen-bond acceptors (Lipinski definition) is 5. The summed E-state index contributed by atoms with van der Waals surface area (Å²) in [5, 5.41) is 4.82. The summed E-state index contributed by atoms with van der Waals surface area (Å²) in [5.74, 6) is 0.603. The Labute approximate surface area is 174 Å². The van der Waals surface area contributed by atoms with Gasteiger partial charge in [0.25, 0.3) is 5.91 Å². The Morgan fingerprint density at radius 2 is 1.97 bits per heavy atom. The van der Waals surface area contributed by atoms with Gasteiger partial charge in [0, 0.05) is 50.7 Å². The molecule has 1 amide bonds. The molecule has 1 atom stereocenters. The van der Waals surface area contributed by atoms with Gasteiger partial charge in [-0.15, -0.1) is 0 Å². The van der Waals surface area contributed by atoms with Gasteiger partial charge < -0.3 is 9.80 Å². The number of amides is 1. The van der Waals surface area contributed by atoms with Crippen molar-refractivity contribution in [3.63, 3.8) is 0 Å². The Bertz CT molecular complexity index is 1030. The second-order valence-electron chi connectivity index (χ2n) is 7.43. The Balaban J connectivity index is 1.77. The molecule has 1 saturated heterocycles. The van der Waals surface area contributed by atoms with Crippen LogP contribution in [-0.4, -0.2) is 51.2 Å². The van der Waals surface area contributed by atoms with Gasteiger partial charge in [-0.05, 0) is 30.5 Å². The highest BCUT2D eigenvalue weighted by Gasteiger charge is 2.34. The fourth-order valence-corrected chi connectivity index (χ4v) is 3.82. The maximum atomic E-state index is 13.2. The van der Waals surface area contributed by atoms with Crippen molar-refractivity contribution in [1.29, 1.82) is 0 Å². The summed E-state index contributed by atoms with van der Waals surface area (Å²) in [4.78, 5) is 26.3. The standard InChI is InChI=1S/C21H23ClN6O/c1-26(2)21-23-12-17(14-6-8-16(22)9-7-14)19(25-21)18-5-4-10-28(18)20(29)15-11-24-27(3)13-15/h6-9,11-13,18H,4-5,10H2,1-3H3. The molecule has 7 nitrogen and oxygen atoms in total. The van der Waals surface area contributed by atoms with Crippen molar-refractivity contribution >= 4 is 23.5 Å². The molecule has 3 aromatic rings. The van der Waals surface area contributed by atoms with E-state index < -0.39 is 0 Å². The van der Waals surface area contributed by atoms with Gasteiger partial charge in [-0.2, -0.15) is 5.10 Å². The summed E-state index contributed by atoms with van der Waals surface area (Å²) in [6, 6.07) is 7.51. The van der Waals surface area contributed by atoms with Crippen LogP contribution in [0.4, 0.5) is 5.95 Å². The number of nitrogens with zero attached hydrogens (tertiary/aromatic N) is 6. The average molecular weight is 411 g/mol. The monoisotopic (exact) mass is 410 g/mol. The van der Waals surface area contributed by atoms with E-state index in [4.69, 9.17) is 16.6 Å². The summed E-state index contributed by atoms with van der Waals surface area (Å²) in [7, 11) is 5.63. The molecule has 0 radical (unpaired) electrons. The van der Waals surface area contributed by atoms with Crippen molar-refractivity contribution in [2.45, 2.75) is 18.9 Å². The molecular formula is C21H23ClN6O. The third-order valence-corrected chi connectivity index (χ3v) is 5.39. The van der Waals surface area contributed by atoms with Gasteiger partial charge in [0.15, 0.2) is 0 Å². The van der Waals surface area contributed by atoms with Gasteiger partial charge in [-0.3, -0.25) is 9.48 Å². The highest BCUT2D eigenvalue weighted by Crippen LogP contribution is 2.38. The Hall–Kier alpha value is -2.93. The number of hydrogen-bond donors (Lipinski definition) is 0. The number of anilines is 1. The topological polar surface area (TPSA) is 67.2 Å². The lowest BCUT2D eigenvalue weighted by Gasteiger charge is -2.26. The molecule has 1 aliphatic rings. The largest absolute Gasteiger partial charge is 0.347 e. The van der Waals surface area contributed by atoms with E-state index in [2.05, 4.69) is 10.1 Å². The van der Waals surface area contributed by atoms with Crippen LogP contribution in [0.2, 0.25) is 5.02 Å². The Morgan fingerprint density at radius 3 is 2.62 bits per heavy atom. The van der Waals surface area contributed by atoms with Crippen molar-refractivity contribution in [3.05, 3.63) is 59.1 Å². The van der Waals surface area contributed by atoms with Crippen LogP contribution < -0.4 is 4.90 Å². The third kappa shape index (κ3) is 3.82.